The van der Waals surface area contributed by atoms with Gasteiger partial charge in [0.05, 0.1) is 17.3 Å². The largest absolute Gasteiger partial charge is 0.398 e. The summed E-state index contributed by atoms with van der Waals surface area (Å²) >= 11 is 0. The minimum atomic E-state index is -0.218. The van der Waals surface area contributed by atoms with Crippen molar-refractivity contribution in [3.63, 3.8) is 0 Å². The van der Waals surface area contributed by atoms with E-state index in [9.17, 15) is 4.79 Å². The van der Waals surface area contributed by atoms with Gasteiger partial charge in [0.25, 0.3) is 5.91 Å². The number of carbonyl (C=O) groups excluding carboxylic acids is 1. The summed E-state index contributed by atoms with van der Waals surface area (Å²) in [5, 5.41) is 8.05. The SMILES string of the molecule is Cn1ncc2ccc(NC(=O)c3ccccc3N)cc21. The van der Waals surface area contributed by atoms with E-state index in [-0.39, 0.29) is 5.91 Å². The number of aryl methyl sites for hydroxylation is 1. The first-order valence-electron chi connectivity index (χ1n) is 6.23. The highest BCUT2D eigenvalue weighted by Crippen LogP contribution is 2.20. The molecule has 0 unspecified atom stereocenters. The summed E-state index contributed by atoms with van der Waals surface area (Å²) < 4.78 is 1.77. The number of benzene rings is 2. The number of rotatable bonds is 2. The fourth-order valence-electron chi connectivity index (χ4n) is 2.12. The molecule has 1 aromatic heterocycles. The maximum atomic E-state index is 12.2. The fourth-order valence-corrected chi connectivity index (χ4v) is 2.12. The molecule has 0 radical (unpaired) electrons. The molecule has 5 nitrogen and oxygen atoms in total. The fraction of sp³-hybridized carbons (Fsp3) is 0.0667. The van der Waals surface area contributed by atoms with Gasteiger partial charge in [0.1, 0.15) is 0 Å². The second-order valence-electron chi connectivity index (χ2n) is 4.58. The molecule has 0 aliphatic heterocycles. The lowest BCUT2D eigenvalue weighted by molar-refractivity contribution is 0.102. The molecule has 3 aromatic rings. The third-order valence-electron chi connectivity index (χ3n) is 3.21. The molecule has 0 saturated heterocycles. The molecule has 5 heteroatoms. The van der Waals surface area contributed by atoms with E-state index in [2.05, 4.69) is 10.4 Å². The summed E-state index contributed by atoms with van der Waals surface area (Å²) in [6.07, 6.45) is 1.79. The molecule has 20 heavy (non-hydrogen) atoms. The van der Waals surface area contributed by atoms with Crippen molar-refractivity contribution in [2.45, 2.75) is 0 Å². The molecule has 0 aliphatic rings. The number of nitrogens with one attached hydrogen (secondary N) is 1. The number of hydrogen-bond donors (Lipinski definition) is 2. The van der Waals surface area contributed by atoms with E-state index in [1.54, 1.807) is 35.1 Å². The van der Waals surface area contributed by atoms with Gasteiger partial charge in [0.15, 0.2) is 0 Å². The van der Waals surface area contributed by atoms with Gasteiger partial charge in [0.2, 0.25) is 0 Å². The Kier molecular flexibility index (Phi) is 2.87. The molecule has 0 fully saturated rings. The smallest absolute Gasteiger partial charge is 0.257 e. The van der Waals surface area contributed by atoms with Gasteiger partial charge in [-0.1, -0.05) is 12.1 Å². The number of hydrogen-bond acceptors (Lipinski definition) is 3. The van der Waals surface area contributed by atoms with Gasteiger partial charge in [-0.3, -0.25) is 9.48 Å². The summed E-state index contributed by atoms with van der Waals surface area (Å²) in [7, 11) is 1.86. The van der Waals surface area contributed by atoms with Crippen LogP contribution in [0.3, 0.4) is 0 Å². The van der Waals surface area contributed by atoms with Gasteiger partial charge in [-0.15, -0.1) is 0 Å². The van der Waals surface area contributed by atoms with E-state index < -0.39 is 0 Å². The summed E-state index contributed by atoms with van der Waals surface area (Å²) in [5.74, 6) is -0.218. The van der Waals surface area contributed by atoms with Gasteiger partial charge in [-0.2, -0.15) is 5.10 Å². The first-order chi connectivity index (χ1) is 9.65. The van der Waals surface area contributed by atoms with Crippen LogP contribution in [0.15, 0.2) is 48.7 Å². The molecular weight excluding hydrogens is 252 g/mol. The first kappa shape index (κ1) is 12.2. The third kappa shape index (κ3) is 2.09. The van der Waals surface area contributed by atoms with Crippen LogP contribution in [0.2, 0.25) is 0 Å². The standard InChI is InChI=1S/C15H14N4O/c1-19-14-8-11(7-6-10(14)9-17-19)18-15(20)12-4-2-3-5-13(12)16/h2-9H,16H2,1H3,(H,18,20). The maximum absolute atomic E-state index is 12.2. The van der Waals surface area contributed by atoms with Crippen LogP contribution in [-0.2, 0) is 7.05 Å². The van der Waals surface area contributed by atoms with E-state index >= 15 is 0 Å². The summed E-state index contributed by atoms with van der Waals surface area (Å²) in [5.41, 5.74) is 8.41. The zero-order valence-electron chi connectivity index (χ0n) is 11.0. The van der Waals surface area contributed by atoms with Crippen molar-refractivity contribution in [2.75, 3.05) is 11.1 Å². The highest BCUT2D eigenvalue weighted by Gasteiger charge is 2.10. The zero-order valence-corrected chi connectivity index (χ0v) is 11.0. The number of para-hydroxylation sites is 1. The Morgan fingerprint density at radius 2 is 2.05 bits per heavy atom. The van der Waals surface area contributed by atoms with Gasteiger partial charge in [0, 0.05) is 23.8 Å². The first-order valence-corrected chi connectivity index (χ1v) is 6.23. The minimum Gasteiger partial charge on any atom is -0.398 e. The van der Waals surface area contributed by atoms with E-state index in [1.165, 1.54) is 0 Å². The Morgan fingerprint density at radius 3 is 2.85 bits per heavy atom. The van der Waals surface area contributed by atoms with Crippen molar-refractivity contribution < 1.29 is 4.79 Å². The van der Waals surface area contributed by atoms with E-state index in [0.717, 1.165) is 10.9 Å². The Labute approximate surface area is 116 Å². The quantitative estimate of drug-likeness (QED) is 0.699. The topological polar surface area (TPSA) is 72.9 Å². The number of aromatic nitrogens is 2. The van der Waals surface area contributed by atoms with Crippen LogP contribution in [-0.4, -0.2) is 15.7 Å². The van der Waals surface area contributed by atoms with Crippen LogP contribution in [0, 0.1) is 0 Å². The van der Waals surface area contributed by atoms with E-state index in [0.29, 0.717) is 16.9 Å². The van der Waals surface area contributed by atoms with Gasteiger partial charge in [-0.25, -0.2) is 0 Å². The number of nitrogens with zero attached hydrogens (tertiary/aromatic N) is 2. The van der Waals surface area contributed by atoms with Crippen LogP contribution >= 0.6 is 0 Å². The lowest BCUT2D eigenvalue weighted by atomic mass is 10.1. The molecule has 3 rings (SSSR count). The molecule has 100 valence electrons. The second kappa shape index (κ2) is 4.70. The number of anilines is 2. The Hall–Kier alpha value is -2.82. The molecule has 2 aromatic carbocycles. The lowest BCUT2D eigenvalue weighted by Crippen LogP contribution is -2.13. The van der Waals surface area contributed by atoms with Gasteiger partial charge in [-0.05, 0) is 30.3 Å². The molecular formula is C15H14N4O. The van der Waals surface area contributed by atoms with Crippen LogP contribution in [0.25, 0.3) is 10.9 Å². The Balaban J connectivity index is 1.91. The van der Waals surface area contributed by atoms with E-state index in [1.807, 2.05) is 25.2 Å². The Morgan fingerprint density at radius 1 is 1.25 bits per heavy atom. The summed E-state index contributed by atoms with van der Waals surface area (Å²) in [6.45, 7) is 0. The van der Waals surface area contributed by atoms with Gasteiger partial charge >= 0.3 is 0 Å². The van der Waals surface area contributed by atoms with Crippen LogP contribution < -0.4 is 11.1 Å². The average Bonchev–Trinajstić information content (AvgIpc) is 2.81. The minimum absolute atomic E-state index is 0.218. The van der Waals surface area contributed by atoms with Crippen molar-refractivity contribution in [1.82, 2.24) is 9.78 Å². The lowest BCUT2D eigenvalue weighted by Gasteiger charge is -2.07. The average molecular weight is 266 g/mol. The molecule has 0 aliphatic carbocycles. The molecule has 1 amide bonds. The van der Waals surface area contributed by atoms with Crippen molar-refractivity contribution in [1.29, 1.82) is 0 Å². The van der Waals surface area contributed by atoms with Crippen molar-refractivity contribution in [3.8, 4) is 0 Å². The number of carbonyl (C=O) groups is 1. The van der Waals surface area contributed by atoms with Crippen molar-refractivity contribution >= 4 is 28.2 Å². The Bertz CT molecular complexity index is 791. The monoisotopic (exact) mass is 266 g/mol. The highest BCUT2D eigenvalue weighted by atomic mass is 16.1. The number of nitrogen functional groups attached to an aromatic ring is 1. The molecule has 0 bridgehead atoms. The van der Waals surface area contributed by atoms with Crippen LogP contribution in [0.1, 0.15) is 10.4 Å². The predicted octanol–water partition coefficient (Wildman–Crippen LogP) is 2.41. The second-order valence-corrected chi connectivity index (χ2v) is 4.58. The summed E-state index contributed by atoms with van der Waals surface area (Å²) in [6, 6.07) is 12.7. The number of nitrogens with two attached hydrogens (primary N) is 1. The third-order valence-corrected chi connectivity index (χ3v) is 3.21. The van der Waals surface area contributed by atoms with Crippen molar-refractivity contribution in [2.24, 2.45) is 7.05 Å². The number of amides is 1. The normalized spacial score (nSPS) is 10.7. The van der Waals surface area contributed by atoms with E-state index in [4.69, 9.17) is 5.73 Å². The predicted molar refractivity (Wildman–Crippen MR) is 79.5 cm³/mol. The van der Waals surface area contributed by atoms with Crippen molar-refractivity contribution in [3.05, 3.63) is 54.2 Å². The molecule has 0 saturated carbocycles. The highest BCUT2D eigenvalue weighted by molar-refractivity contribution is 6.08. The van der Waals surface area contributed by atoms with Gasteiger partial charge < -0.3 is 11.1 Å². The summed E-state index contributed by atoms with van der Waals surface area (Å²) in [4.78, 5) is 12.2. The zero-order chi connectivity index (χ0) is 14.1. The molecule has 3 N–H and O–H groups in total. The molecule has 0 atom stereocenters. The van der Waals surface area contributed by atoms with Crippen LogP contribution in [0.4, 0.5) is 11.4 Å². The maximum Gasteiger partial charge on any atom is 0.257 e. The molecule has 1 heterocycles. The van der Waals surface area contributed by atoms with Crippen LogP contribution in [0.5, 0.6) is 0 Å². The molecule has 0 spiro atoms. The number of fused-ring (bicyclic) bond motifs is 1.